The van der Waals surface area contributed by atoms with Crippen LogP contribution in [-0.4, -0.2) is 12.4 Å². The van der Waals surface area contributed by atoms with E-state index in [1.54, 1.807) is 12.1 Å². The van der Waals surface area contributed by atoms with Gasteiger partial charge in [-0.1, -0.05) is 23.7 Å². The van der Waals surface area contributed by atoms with Crippen molar-refractivity contribution >= 4 is 23.1 Å². The van der Waals surface area contributed by atoms with E-state index in [-0.39, 0.29) is 5.78 Å². The minimum absolute atomic E-state index is 0.138. The Morgan fingerprint density at radius 3 is 2.90 bits per heavy atom. The molecule has 102 valence electrons. The van der Waals surface area contributed by atoms with E-state index in [1.165, 1.54) is 0 Å². The van der Waals surface area contributed by atoms with E-state index in [2.05, 4.69) is 0 Å². The fourth-order valence-electron chi connectivity index (χ4n) is 2.57. The van der Waals surface area contributed by atoms with Gasteiger partial charge in [-0.15, -0.1) is 0 Å². The van der Waals surface area contributed by atoms with Gasteiger partial charge in [-0.25, -0.2) is 0 Å². The third-order valence-corrected chi connectivity index (χ3v) is 3.74. The number of rotatable bonds is 2. The molecule has 0 radical (unpaired) electrons. The lowest BCUT2D eigenvalue weighted by atomic mass is 9.95. The number of hydrogen-bond acceptors (Lipinski definition) is 3. The number of benzene rings is 2. The maximum absolute atomic E-state index is 12.8. The molecular weight excluding hydrogens is 274 g/mol. The maximum atomic E-state index is 12.8. The zero-order valence-electron chi connectivity index (χ0n) is 11.1. The van der Waals surface area contributed by atoms with Gasteiger partial charge in [0.15, 0.2) is 5.78 Å². The van der Waals surface area contributed by atoms with E-state index >= 15 is 0 Å². The summed E-state index contributed by atoms with van der Waals surface area (Å²) >= 11 is 6.10. The van der Waals surface area contributed by atoms with Gasteiger partial charge in [0.25, 0.3) is 0 Å². The molecule has 0 saturated carbocycles. The molecule has 2 N–H and O–H groups in total. The van der Waals surface area contributed by atoms with Gasteiger partial charge in [-0.2, -0.15) is 0 Å². The van der Waals surface area contributed by atoms with Crippen LogP contribution in [0.5, 0.6) is 5.75 Å². The van der Waals surface area contributed by atoms with Gasteiger partial charge in [-0.05, 0) is 36.2 Å². The van der Waals surface area contributed by atoms with Crippen molar-refractivity contribution in [1.82, 2.24) is 0 Å². The number of fused-ring (bicyclic) bond motifs is 1. The van der Waals surface area contributed by atoms with Gasteiger partial charge >= 0.3 is 0 Å². The molecule has 0 saturated heterocycles. The molecule has 1 aliphatic heterocycles. The van der Waals surface area contributed by atoms with E-state index in [0.29, 0.717) is 34.2 Å². The molecule has 1 heterocycles. The van der Waals surface area contributed by atoms with Gasteiger partial charge in [-0.3, -0.25) is 4.79 Å². The average Bonchev–Trinajstić information content (AvgIpc) is 2.85. The lowest BCUT2D eigenvalue weighted by molar-refractivity contribution is 0.103. The van der Waals surface area contributed by atoms with Crippen LogP contribution in [-0.2, 0) is 6.42 Å². The lowest BCUT2D eigenvalue weighted by Gasteiger charge is -2.11. The quantitative estimate of drug-likeness (QED) is 0.680. The maximum Gasteiger partial charge on any atom is 0.199 e. The summed E-state index contributed by atoms with van der Waals surface area (Å²) in [5, 5.41) is 0.546. The van der Waals surface area contributed by atoms with Crippen molar-refractivity contribution < 1.29 is 9.53 Å². The van der Waals surface area contributed by atoms with Crippen molar-refractivity contribution in [1.29, 1.82) is 0 Å². The van der Waals surface area contributed by atoms with Crippen LogP contribution in [0, 0.1) is 6.92 Å². The summed E-state index contributed by atoms with van der Waals surface area (Å²) in [5.41, 5.74) is 9.26. The molecule has 3 nitrogen and oxygen atoms in total. The number of carbonyl (C=O) groups excluding carboxylic acids is 1. The van der Waals surface area contributed by atoms with Crippen LogP contribution < -0.4 is 10.5 Å². The Hall–Kier alpha value is -2.00. The van der Waals surface area contributed by atoms with Gasteiger partial charge < -0.3 is 10.5 Å². The zero-order valence-corrected chi connectivity index (χ0v) is 11.8. The molecule has 0 amide bonds. The Balaban J connectivity index is 2.17. The molecule has 3 rings (SSSR count). The van der Waals surface area contributed by atoms with Crippen LogP contribution in [0.4, 0.5) is 5.69 Å². The second-order valence-electron chi connectivity index (χ2n) is 4.91. The fourth-order valence-corrected chi connectivity index (χ4v) is 2.81. The van der Waals surface area contributed by atoms with Crippen molar-refractivity contribution in [2.45, 2.75) is 13.3 Å². The molecule has 1 aliphatic rings. The first kappa shape index (κ1) is 13.0. The largest absolute Gasteiger partial charge is 0.492 e. The minimum atomic E-state index is -0.138. The Kier molecular flexibility index (Phi) is 3.14. The zero-order chi connectivity index (χ0) is 14.3. The minimum Gasteiger partial charge on any atom is -0.492 e. The highest BCUT2D eigenvalue weighted by Crippen LogP contribution is 2.35. The normalized spacial score (nSPS) is 12.9. The van der Waals surface area contributed by atoms with Gasteiger partial charge in [0, 0.05) is 22.7 Å². The van der Waals surface area contributed by atoms with Crippen LogP contribution in [0.15, 0.2) is 30.3 Å². The second kappa shape index (κ2) is 4.84. The molecule has 0 aliphatic carbocycles. The molecule has 0 atom stereocenters. The molecular formula is C16H14ClNO2. The molecule has 0 unspecified atom stereocenters. The number of nitrogens with two attached hydrogens (primary N) is 1. The smallest absolute Gasteiger partial charge is 0.199 e. The van der Waals surface area contributed by atoms with E-state index in [1.807, 2.05) is 25.1 Å². The van der Waals surface area contributed by atoms with Gasteiger partial charge in [0.2, 0.25) is 0 Å². The first-order chi connectivity index (χ1) is 9.58. The highest BCUT2D eigenvalue weighted by atomic mass is 35.5. The van der Waals surface area contributed by atoms with Crippen molar-refractivity contribution in [2.24, 2.45) is 0 Å². The standard InChI is InChI=1S/C16H14ClNO2/c1-9-3-2-4-13(18)14(9)15(19)12-8-11(17)7-10-5-6-20-16(10)12/h2-4,7-8H,5-6,18H2,1H3. The summed E-state index contributed by atoms with van der Waals surface area (Å²) in [7, 11) is 0. The molecule has 2 aromatic rings. The number of carbonyl (C=O) groups is 1. The number of ether oxygens (including phenoxy) is 1. The summed E-state index contributed by atoms with van der Waals surface area (Å²) in [5.74, 6) is 0.503. The van der Waals surface area contributed by atoms with E-state index in [9.17, 15) is 4.79 Å². The second-order valence-corrected chi connectivity index (χ2v) is 5.34. The van der Waals surface area contributed by atoms with Crippen molar-refractivity contribution in [3.8, 4) is 5.75 Å². The lowest BCUT2D eigenvalue weighted by Crippen LogP contribution is -2.09. The number of anilines is 1. The van der Waals surface area contributed by atoms with Crippen molar-refractivity contribution in [3.05, 3.63) is 57.6 Å². The number of aryl methyl sites for hydroxylation is 1. The number of nitrogen functional groups attached to an aromatic ring is 1. The molecule has 0 spiro atoms. The van der Waals surface area contributed by atoms with Crippen LogP contribution >= 0.6 is 11.6 Å². The molecule has 2 aromatic carbocycles. The third-order valence-electron chi connectivity index (χ3n) is 3.53. The average molecular weight is 288 g/mol. The summed E-state index contributed by atoms with van der Waals surface area (Å²) < 4.78 is 5.59. The van der Waals surface area contributed by atoms with Gasteiger partial charge in [0.05, 0.1) is 12.2 Å². The summed E-state index contributed by atoms with van der Waals surface area (Å²) in [6.07, 6.45) is 0.777. The monoisotopic (exact) mass is 287 g/mol. The first-order valence-corrected chi connectivity index (χ1v) is 6.80. The van der Waals surface area contributed by atoms with Crippen LogP contribution in [0.25, 0.3) is 0 Å². The molecule has 0 aromatic heterocycles. The van der Waals surface area contributed by atoms with Crippen LogP contribution in [0.3, 0.4) is 0 Å². The highest BCUT2D eigenvalue weighted by molar-refractivity contribution is 6.31. The van der Waals surface area contributed by atoms with Gasteiger partial charge in [0.1, 0.15) is 5.75 Å². The Labute approximate surface area is 122 Å². The Morgan fingerprint density at radius 1 is 1.35 bits per heavy atom. The van der Waals surface area contributed by atoms with Crippen LogP contribution in [0.1, 0.15) is 27.0 Å². The summed E-state index contributed by atoms with van der Waals surface area (Å²) in [6, 6.07) is 8.93. The summed E-state index contributed by atoms with van der Waals surface area (Å²) in [4.78, 5) is 12.8. The van der Waals surface area contributed by atoms with Crippen molar-refractivity contribution in [2.75, 3.05) is 12.3 Å². The number of ketones is 1. The molecule has 0 fully saturated rings. The topological polar surface area (TPSA) is 52.3 Å². The molecule has 4 heteroatoms. The van der Waals surface area contributed by atoms with Crippen molar-refractivity contribution in [3.63, 3.8) is 0 Å². The van der Waals surface area contributed by atoms with E-state index in [0.717, 1.165) is 17.5 Å². The fraction of sp³-hybridized carbons (Fsp3) is 0.188. The first-order valence-electron chi connectivity index (χ1n) is 6.43. The molecule has 20 heavy (non-hydrogen) atoms. The SMILES string of the molecule is Cc1cccc(N)c1C(=O)c1cc(Cl)cc2c1OCC2. The number of halogens is 1. The Morgan fingerprint density at radius 2 is 2.15 bits per heavy atom. The van der Waals surface area contributed by atoms with E-state index in [4.69, 9.17) is 22.1 Å². The predicted octanol–water partition coefficient (Wildman–Crippen LogP) is 3.40. The number of hydrogen-bond donors (Lipinski definition) is 1. The summed E-state index contributed by atoms with van der Waals surface area (Å²) in [6.45, 7) is 2.45. The predicted molar refractivity (Wildman–Crippen MR) is 79.7 cm³/mol. The van der Waals surface area contributed by atoms with Crippen LogP contribution in [0.2, 0.25) is 5.02 Å². The Bertz CT molecular complexity index is 690. The molecule has 0 bridgehead atoms. The third kappa shape index (κ3) is 2.04. The highest BCUT2D eigenvalue weighted by Gasteiger charge is 2.24. The van der Waals surface area contributed by atoms with E-state index < -0.39 is 0 Å².